The second-order valence-electron chi connectivity index (χ2n) is 5.75. The van der Waals surface area contributed by atoms with E-state index in [0.29, 0.717) is 36.3 Å². The van der Waals surface area contributed by atoms with Crippen LogP contribution in [-0.4, -0.2) is 18.8 Å². The maximum absolute atomic E-state index is 12.1. The summed E-state index contributed by atoms with van der Waals surface area (Å²) in [4.78, 5) is 23.0. The molecule has 0 saturated heterocycles. The van der Waals surface area contributed by atoms with Crippen LogP contribution >= 0.6 is 0 Å². The van der Waals surface area contributed by atoms with Crippen molar-refractivity contribution in [3.63, 3.8) is 0 Å². The lowest BCUT2D eigenvalue weighted by atomic mass is 10.1. The predicted octanol–water partition coefficient (Wildman–Crippen LogP) is 4.29. The Labute approximate surface area is 139 Å². The molecule has 0 atom stereocenters. The van der Waals surface area contributed by atoms with Crippen LogP contribution in [0.1, 0.15) is 26.2 Å². The Balaban J connectivity index is 1.88. The molecular weight excluding hydrogens is 306 g/mol. The van der Waals surface area contributed by atoms with Crippen LogP contribution in [-0.2, 0) is 9.59 Å². The Bertz CT molecular complexity index is 910. The first-order valence-corrected chi connectivity index (χ1v) is 7.87. The fourth-order valence-corrected chi connectivity index (χ4v) is 2.73. The fraction of sp³-hybridized carbons (Fsp3) is 0.263. The van der Waals surface area contributed by atoms with Gasteiger partial charge in [-0.3, -0.25) is 4.79 Å². The Kier molecular flexibility index (Phi) is 4.51. The number of hydrogen-bond donors (Lipinski definition) is 1. The molecule has 1 heterocycles. The number of rotatable bonds is 6. The van der Waals surface area contributed by atoms with Crippen LogP contribution in [0.25, 0.3) is 21.9 Å². The van der Waals surface area contributed by atoms with Gasteiger partial charge in [-0.1, -0.05) is 18.2 Å². The van der Waals surface area contributed by atoms with E-state index in [1.54, 1.807) is 13.2 Å². The van der Waals surface area contributed by atoms with E-state index in [4.69, 9.17) is 9.15 Å². The zero-order chi connectivity index (χ0) is 17.1. The number of hydrogen-bond acceptors (Lipinski definition) is 4. The first kappa shape index (κ1) is 16.1. The maximum atomic E-state index is 12.1. The summed E-state index contributed by atoms with van der Waals surface area (Å²) in [6.45, 7) is 1.52. The molecule has 5 heteroatoms. The first-order valence-electron chi connectivity index (χ1n) is 7.87. The third-order valence-corrected chi connectivity index (χ3v) is 3.91. The molecule has 0 aliphatic rings. The largest absolute Gasteiger partial charge is 0.495 e. The van der Waals surface area contributed by atoms with Crippen LogP contribution in [0.5, 0.6) is 5.75 Å². The summed E-state index contributed by atoms with van der Waals surface area (Å²) in [5.74, 6) is 0.517. The van der Waals surface area contributed by atoms with Crippen molar-refractivity contribution in [2.45, 2.75) is 26.2 Å². The molecule has 24 heavy (non-hydrogen) atoms. The number of para-hydroxylation sites is 1. The summed E-state index contributed by atoms with van der Waals surface area (Å²) in [7, 11) is 1.56. The number of amides is 1. The number of carbonyl (C=O) groups is 2. The van der Waals surface area contributed by atoms with Crippen molar-refractivity contribution in [1.29, 1.82) is 0 Å². The molecule has 0 saturated carbocycles. The molecule has 0 bridgehead atoms. The van der Waals surface area contributed by atoms with Gasteiger partial charge in [0.15, 0.2) is 0 Å². The SMILES string of the molecule is COc1cc2c(cc1NC(=O)CCCC(C)=O)oc1ccccc12. The minimum atomic E-state index is -0.148. The Morgan fingerprint density at radius 2 is 1.88 bits per heavy atom. The van der Waals surface area contributed by atoms with Gasteiger partial charge in [-0.25, -0.2) is 0 Å². The first-order chi connectivity index (χ1) is 11.6. The van der Waals surface area contributed by atoms with Gasteiger partial charge >= 0.3 is 0 Å². The molecular formula is C19H19NO4. The van der Waals surface area contributed by atoms with Crippen molar-refractivity contribution in [3.05, 3.63) is 36.4 Å². The highest BCUT2D eigenvalue weighted by Crippen LogP contribution is 2.36. The lowest BCUT2D eigenvalue weighted by molar-refractivity contribution is -0.117. The average molecular weight is 325 g/mol. The minimum Gasteiger partial charge on any atom is -0.495 e. The second kappa shape index (κ2) is 6.74. The highest BCUT2D eigenvalue weighted by atomic mass is 16.5. The molecule has 5 nitrogen and oxygen atoms in total. The van der Waals surface area contributed by atoms with E-state index in [1.807, 2.05) is 30.3 Å². The number of fused-ring (bicyclic) bond motifs is 3. The number of Topliss-reactive ketones (excluding diaryl/α,β-unsaturated/α-hetero) is 1. The molecule has 1 N–H and O–H groups in total. The summed E-state index contributed by atoms with van der Waals surface area (Å²) in [5, 5.41) is 4.78. The van der Waals surface area contributed by atoms with E-state index in [2.05, 4.69) is 5.32 Å². The number of furan rings is 1. The highest BCUT2D eigenvalue weighted by Gasteiger charge is 2.14. The van der Waals surface area contributed by atoms with Crippen LogP contribution in [0, 0.1) is 0 Å². The molecule has 0 spiro atoms. The van der Waals surface area contributed by atoms with E-state index >= 15 is 0 Å². The van der Waals surface area contributed by atoms with Gasteiger partial charge in [0, 0.05) is 29.7 Å². The quantitative estimate of drug-likeness (QED) is 0.734. The molecule has 3 rings (SSSR count). The third kappa shape index (κ3) is 3.25. The number of ether oxygens (including phenoxy) is 1. The monoisotopic (exact) mass is 325 g/mol. The summed E-state index contributed by atoms with van der Waals surface area (Å²) < 4.78 is 11.2. The molecule has 0 radical (unpaired) electrons. The van der Waals surface area contributed by atoms with Gasteiger partial charge in [-0.05, 0) is 25.5 Å². The van der Waals surface area contributed by atoms with E-state index in [1.165, 1.54) is 6.92 Å². The topological polar surface area (TPSA) is 68.5 Å². The van der Waals surface area contributed by atoms with Gasteiger partial charge in [0.1, 0.15) is 22.7 Å². The predicted molar refractivity (Wildman–Crippen MR) is 93.4 cm³/mol. The number of nitrogens with one attached hydrogen (secondary N) is 1. The normalized spacial score (nSPS) is 10.9. The highest BCUT2D eigenvalue weighted by molar-refractivity contribution is 6.07. The maximum Gasteiger partial charge on any atom is 0.224 e. The number of ketones is 1. The molecule has 0 aliphatic heterocycles. The number of anilines is 1. The van der Waals surface area contributed by atoms with Gasteiger partial charge in [-0.2, -0.15) is 0 Å². The zero-order valence-corrected chi connectivity index (χ0v) is 13.7. The van der Waals surface area contributed by atoms with Gasteiger partial charge in [0.25, 0.3) is 0 Å². The summed E-state index contributed by atoms with van der Waals surface area (Å²) >= 11 is 0. The van der Waals surface area contributed by atoms with Crippen molar-refractivity contribution < 1.29 is 18.7 Å². The third-order valence-electron chi connectivity index (χ3n) is 3.91. The molecule has 1 aromatic heterocycles. The van der Waals surface area contributed by atoms with Crippen molar-refractivity contribution >= 4 is 39.3 Å². The van der Waals surface area contributed by atoms with Gasteiger partial charge in [-0.15, -0.1) is 0 Å². The Hall–Kier alpha value is -2.82. The molecule has 0 unspecified atom stereocenters. The lowest BCUT2D eigenvalue weighted by Gasteiger charge is -2.10. The molecule has 2 aromatic carbocycles. The standard InChI is InChI=1S/C19H19NO4/c1-12(21)6-5-9-19(22)20-15-11-17-14(10-18(15)23-2)13-7-3-4-8-16(13)24-17/h3-4,7-8,10-11H,5-6,9H2,1-2H3,(H,20,22). The van der Waals surface area contributed by atoms with Crippen LogP contribution in [0.15, 0.2) is 40.8 Å². The summed E-state index contributed by atoms with van der Waals surface area (Å²) in [6.07, 6.45) is 1.24. The minimum absolute atomic E-state index is 0.0871. The van der Waals surface area contributed by atoms with Crippen LogP contribution in [0.2, 0.25) is 0 Å². The fourth-order valence-electron chi connectivity index (χ4n) is 2.73. The molecule has 0 aliphatic carbocycles. The smallest absolute Gasteiger partial charge is 0.224 e. The van der Waals surface area contributed by atoms with Gasteiger partial charge in [0.05, 0.1) is 12.8 Å². The summed E-state index contributed by atoms with van der Waals surface area (Å²) in [5.41, 5.74) is 2.05. The zero-order valence-electron chi connectivity index (χ0n) is 13.7. The molecule has 3 aromatic rings. The number of methoxy groups -OCH3 is 1. The van der Waals surface area contributed by atoms with Crippen molar-refractivity contribution in [3.8, 4) is 5.75 Å². The van der Waals surface area contributed by atoms with Crippen LogP contribution < -0.4 is 10.1 Å². The molecule has 0 fully saturated rings. The van der Waals surface area contributed by atoms with Gasteiger partial charge in [0.2, 0.25) is 5.91 Å². The lowest BCUT2D eigenvalue weighted by Crippen LogP contribution is -2.12. The van der Waals surface area contributed by atoms with E-state index in [0.717, 1.165) is 16.4 Å². The van der Waals surface area contributed by atoms with Crippen molar-refractivity contribution in [2.24, 2.45) is 0 Å². The molecule has 1 amide bonds. The average Bonchev–Trinajstić information content (AvgIpc) is 2.91. The van der Waals surface area contributed by atoms with E-state index in [-0.39, 0.29) is 11.7 Å². The van der Waals surface area contributed by atoms with Crippen molar-refractivity contribution in [1.82, 2.24) is 0 Å². The molecule has 124 valence electrons. The summed E-state index contributed by atoms with van der Waals surface area (Å²) in [6, 6.07) is 11.4. The Morgan fingerprint density at radius 1 is 1.08 bits per heavy atom. The van der Waals surface area contributed by atoms with Crippen LogP contribution in [0.3, 0.4) is 0 Å². The second-order valence-corrected chi connectivity index (χ2v) is 5.75. The van der Waals surface area contributed by atoms with Crippen LogP contribution in [0.4, 0.5) is 5.69 Å². The van der Waals surface area contributed by atoms with Crippen molar-refractivity contribution in [2.75, 3.05) is 12.4 Å². The number of carbonyl (C=O) groups excluding carboxylic acids is 2. The van der Waals surface area contributed by atoms with Gasteiger partial charge < -0.3 is 19.3 Å². The Morgan fingerprint density at radius 3 is 2.62 bits per heavy atom. The number of benzene rings is 2. The van der Waals surface area contributed by atoms with E-state index in [9.17, 15) is 9.59 Å². The van der Waals surface area contributed by atoms with E-state index < -0.39 is 0 Å².